The van der Waals surface area contributed by atoms with Crippen LogP contribution in [0.15, 0.2) is 24.3 Å². The average Bonchev–Trinajstić information content (AvgIpc) is 4.02. The number of phenols is 1. The molecule has 2 aliphatic rings. The van der Waals surface area contributed by atoms with E-state index in [0.29, 0.717) is 236 Å². The average molecular weight is 1150 g/mol. The van der Waals surface area contributed by atoms with Gasteiger partial charge in [0.05, 0.1) is 197 Å². The number of nitrogens with one attached hydrogen (secondary N) is 3. The predicted octanol–water partition coefficient (Wildman–Crippen LogP) is 3.04. The molecule has 2 aliphatic heterocycles. The normalized spacial score (nSPS) is 15.9. The maximum Gasteiger partial charge on any atom is 0.315 e. The Morgan fingerprint density at radius 1 is 0.519 bits per heavy atom. The summed E-state index contributed by atoms with van der Waals surface area (Å²) in [6.45, 7) is 18.4. The topological polar surface area (TPSA) is 249 Å². The van der Waals surface area contributed by atoms with Gasteiger partial charge in [0, 0.05) is 56.9 Å². The Morgan fingerprint density at radius 3 is 1.37 bits per heavy atom. The van der Waals surface area contributed by atoms with Crippen LogP contribution in [0.5, 0.6) is 5.75 Å². The Kier molecular flexibility index (Phi) is 46.1. The van der Waals surface area contributed by atoms with E-state index in [-0.39, 0.29) is 42.1 Å². The van der Waals surface area contributed by atoms with E-state index < -0.39 is 0 Å². The van der Waals surface area contributed by atoms with Gasteiger partial charge < -0.3 is 97.0 Å². The van der Waals surface area contributed by atoms with Gasteiger partial charge in [-0.3, -0.25) is 9.59 Å². The van der Waals surface area contributed by atoms with E-state index in [1.807, 2.05) is 16.7 Å². The van der Waals surface area contributed by atoms with Gasteiger partial charge in [-0.1, -0.05) is 25.5 Å². The molecule has 458 valence electrons. The summed E-state index contributed by atoms with van der Waals surface area (Å²) >= 11 is 1.89. The number of nitrogens with zero attached hydrogens (tertiary/aromatic N) is 1. The molecular weight excluding hydrogens is 1050 g/mol. The largest absolute Gasteiger partial charge is 0.508 e. The molecule has 0 radical (unpaired) electrons. The zero-order valence-corrected chi connectivity index (χ0v) is 48.2. The zero-order valence-electron chi connectivity index (χ0n) is 47.4. The second-order valence-electron chi connectivity index (χ2n) is 18.3. The first-order chi connectivity index (χ1) is 39.0. The third-order valence-electron chi connectivity index (χ3n) is 11.9. The summed E-state index contributed by atoms with van der Waals surface area (Å²) in [7, 11) is 0. The molecule has 2 heterocycles. The van der Waals surface area contributed by atoms with E-state index in [1.54, 1.807) is 24.3 Å². The third kappa shape index (κ3) is 40.8. The molecule has 0 bridgehead atoms. The van der Waals surface area contributed by atoms with Crippen LogP contribution >= 0.6 is 11.8 Å². The fraction of sp³-hybridized carbons (Fsp3) is 0.836. The van der Waals surface area contributed by atoms with Crippen LogP contribution in [-0.2, 0) is 87.1 Å². The summed E-state index contributed by atoms with van der Waals surface area (Å²) in [6.07, 6.45) is 5.79. The summed E-state index contributed by atoms with van der Waals surface area (Å²) in [5.74, 6) is 1.12. The lowest BCUT2D eigenvalue weighted by Crippen LogP contribution is -2.37. The number of carbonyl (C=O) groups excluding carboxylic acids is 3. The molecule has 4 N–H and O–H groups in total. The molecule has 1 aromatic carbocycles. The van der Waals surface area contributed by atoms with Crippen molar-refractivity contribution in [2.75, 3.05) is 224 Å². The van der Waals surface area contributed by atoms with Gasteiger partial charge in [0.2, 0.25) is 11.8 Å². The number of ether oxygens (including phenoxy) is 15. The summed E-state index contributed by atoms with van der Waals surface area (Å²) in [5, 5.41) is 18.7. The van der Waals surface area contributed by atoms with Crippen molar-refractivity contribution in [3.8, 4) is 5.75 Å². The maximum absolute atomic E-state index is 13.4. The molecule has 3 rings (SSSR count). The summed E-state index contributed by atoms with van der Waals surface area (Å²) in [4.78, 5) is 39.1. The minimum atomic E-state index is -0.0840. The summed E-state index contributed by atoms with van der Waals surface area (Å²) < 4.78 is 83.5. The number of amides is 4. The number of phenolic OH excluding ortho intramolecular Hbond substituents is 1. The van der Waals surface area contributed by atoms with Crippen molar-refractivity contribution in [1.82, 2.24) is 20.9 Å². The Labute approximate surface area is 474 Å². The molecule has 0 saturated carbocycles. The number of unbranched alkanes of at least 4 members (excludes halogenated alkanes) is 1. The Morgan fingerprint density at radius 2 is 0.924 bits per heavy atom. The lowest BCUT2D eigenvalue weighted by molar-refractivity contribution is -0.132. The van der Waals surface area contributed by atoms with Gasteiger partial charge >= 0.3 is 6.03 Å². The first-order valence-electron chi connectivity index (χ1n) is 28.6. The number of carbonyl (C=O) groups is 3. The second-order valence-corrected chi connectivity index (χ2v) is 19.6. The van der Waals surface area contributed by atoms with Crippen LogP contribution in [0.1, 0.15) is 57.4 Å². The minimum Gasteiger partial charge on any atom is -0.508 e. The van der Waals surface area contributed by atoms with E-state index in [2.05, 4.69) is 22.9 Å². The van der Waals surface area contributed by atoms with E-state index in [0.717, 1.165) is 43.6 Å². The Hall–Kier alpha value is -3.02. The molecule has 23 nitrogen and oxygen atoms in total. The number of hydrogen-bond donors (Lipinski definition) is 4. The number of fused-ring (bicyclic) bond motifs is 1. The quantitative estimate of drug-likeness (QED) is 0.0541. The van der Waals surface area contributed by atoms with Crippen LogP contribution in [0.4, 0.5) is 4.79 Å². The van der Waals surface area contributed by atoms with Crippen molar-refractivity contribution in [1.29, 1.82) is 0 Å². The van der Waals surface area contributed by atoms with E-state index in [4.69, 9.17) is 71.1 Å². The smallest absolute Gasteiger partial charge is 0.315 e. The predicted molar refractivity (Wildman–Crippen MR) is 297 cm³/mol. The monoisotopic (exact) mass is 1150 g/mol. The van der Waals surface area contributed by atoms with E-state index in [9.17, 15) is 19.5 Å². The fourth-order valence-electron chi connectivity index (χ4n) is 7.79. The number of thioether (sulfide) groups is 1. The standard InChI is InChI=1S/C55H98N4O19S/c1-2-16-64-20-24-68-28-30-71-32-34-73-36-38-75-40-42-77-44-45-78-43-41-76-39-37-74-35-33-72-31-29-70-27-23-67-19-15-59(53(62)8-4-3-7-51-54-50(47-79-51)57-55(63)58-54)14-6-18-66-22-26-69-25-21-65-17-5-13-56-52(61)46-48-9-11-49(60)12-10-48/h9-12,50-51,54,60H,2-8,13-47H2,1H3,(H,56,61)(H2,57,58,63). The molecule has 3 atom stereocenters. The molecule has 0 spiro atoms. The molecule has 24 heteroatoms. The van der Waals surface area contributed by atoms with Crippen LogP contribution < -0.4 is 16.0 Å². The van der Waals surface area contributed by atoms with Crippen LogP contribution in [0.3, 0.4) is 0 Å². The molecule has 2 saturated heterocycles. The molecular formula is C55H98N4O19S. The van der Waals surface area contributed by atoms with E-state index in [1.165, 1.54) is 0 Å². The van der Waals surface area contributed by atoms with Crippen LogP contribution in [-0.4, -0.2) is 269 Å². The number of hydrogen-bond acceptors (Lipinski definition) is 20. The molecule has 0 aromatic heterocycles. The lowest BCUT2D eigenvalue weighted by Gasteiger charge is -2.23. The highest BCUT2D eigenvalue weighted by molar-refractivity contribution is 8.00. The van der Waals surface area contributed by atoms with Gasteiger partial charge in [-0.15, -0.1) is 0 Å². The SMILES string of the molecule is CCCOCCOCCOCCOCCOCCOCCOCCOCCOCCOCCOCCOCCN(CCCOCCOCCOCCCNC(=O)Cc1ccc(O)cc1)C(=O)CCCCC1SCC2NC(=O)NC21. The third-order valence-corrected chi connectivity index (χ3v) is 13.4. The number of urea groups is 1. The van der Waals surface area contributed by atoms with Crippen molar-refractivity contribution >= 4 is 29.6 Å². The number of rotatable bonds is 59. The van der Waals surface area contributed by atoms with Gasteiger partial charge in [0.15, 0.2) is 0 Å². The fourth-order valence-corrected chi connectivity index (χ4v) is 9.33. The lowest BCUT2D eigenvalue weighted by atomic mass is 10.0. The minimum absolute atomic E-state index is 0.0726. The first-order valence-corrected chi connectivity index (χ1v) is 29.7. The molecule has 1 aromatic rings. The van der Waals surface area contributed by atoms with Gasteiger partial charge in [0.1, 0.15) is 5.75 Å². The molecule has 2 fully saturated rings. The molecule has 79 heavy (non-hydrogen) atoms. The molecule has 3 unspecified atom stereocenters. The number of aromatic hydroxyl groups is 1. The zero-order chi connectivity index (χ0) is 56.2. The first kappa shape index (κ1) is 70.2. The van der Waals surface area contributed by atoms with Crippen LogP contribution in [0.25, 0.3) is 0 Å². The van der Waals surface area contributed by atoms with Crippen molar-refractivity contribution < 1.29 is 90.5 Å². The van der Waals surface area contributed by atoms with Crippen molar-refractivity contribution in [3.63, 3.8) is 0 Å². The van der Waals surface area contributed by atoms with Crippen molar-refractivity contribution in [2.24, 2.45) is 0 Å². The highest BCUT2D eigenvalue weighted by Gasteiger charge is 2.42. The molecule has 0 aliphatic carbocycles. The summed E-state index contributed by atoms with van der Waals surface area (Å²) in [5.41, 5.74) is 0.842. The van der Waals surface area contributed by atoms with Crippen molar-refractivity contribution in [3.05, 3.63) is 29.8 Å². The van der Waals surface area contributed by atoms with Crippen LogP contribution in [0.2, 0.25) is 0 Å². The Balaban J connectivity index is 1.06. The van der Waals surface area contributed by atoms with Gasteiger partial charge in [-0.25, -0.2) is 4.79 Å². The maximum atomic E-state index is 13.4. The van der Waals surface area contributed by atoms with Crippen LogP contribution in [0, 0.1) is 0 Å². The van der Waals surface area contributed by atoms with Gasteiger partial charge in [0.25, 0.3) is 0 Å². The number of benzene rings is 1. The van der Waals surface area contributed by atoms with Gasteiger partial charge in [-0.2, -0.15) is 11.8 Å². The van der Waals surface area contributed by atoms with Gasteiger partial charge in [-0.05, 0) is 49.8 Å². The second kappa shape index (κ2) is 51.8. The highest BCUT2D eigenvalue weighted by Crippen LogP contribution is 2.33. The highest BCUT2D eigenvalue weighted by atomic mass is 32.2. The summed E-state index contributed by atoms with van der Waals surface area (Å²) in [6, 6.07) is 6.87. The van der Waals surface area contributed by atoms with Crippen molar-refractivity contribution in [2.45, 2.75) is 75.6 Å². The van der Waals surface area contributed by atoms with E-state index >= 15 is 0 Å². The Bertz CT molecular complexity index is 1580. The molecule has 4 amide bonds.